The van der Waals surface area contributed by atoms with Crippen LogP contribution in [0.1, 0.15) is 232 Å². The van der Waals surface area contributed by atoms with Crippen LogP contribution in [0.5, 0.6) is 0 Å². The van der Waals surface area contributed by atoms with Gasteiger partial charge in [0, 0.05) is 12.8 Å². The lowest BCUT2D eigenvalue weighted by atomic mass is 10.0. The fourth-order valence-corrected chi connectivity index (χ4v) is 7.95. The average Bonchev–Trinajstić information content (AvgIpc) is 3.38. The van der Waals surface area contributed by atoms with E-state index in [1.54, 1.807) is 0 Å². The van der Waals surface area contributed by atoms with Crippen LogP contribution in [0, 0.1) is 0 Å². The number of allylic oxidation sites excluding steroid dienone is 18. The highest BCUT2D eigenvalue weighted by Crippen LogP contribution is 2.16. The van der Waals surface area contributed by atoms with E-state index in [1.807, 2.05) is 21.1 Å². The van der Waals surface area contributed by atoms with E-state index in [1.165, 1.54) is 103 Å². The molecule has 0 saturated carbocycles. The van der Waals surface area contributed by atoms with E-state index in [0.29, 0.717) is 23.9 Å². The smallest absolute Gasteiger partial charge is 0.361 e. The van der Waals surface area contributed by atoms with Gasteiger partial charge in [-0.2, -0.15) is 0 Å². The summed E-state index contributed by atoms with van der Waals surface area (Å²) in [5, 5.41) is 9.71. The minimum Gasteiger partial charge on any atom is -0.477 e. The molecule has 0 aromatic heterocycles. The van der Waals surface area contributed by atoms with Crippen molar-refractivity contribution in [1.82, 2.24) is 0 Å². The third kappa shape index (κ3) is 57.5. The Bertz CT molecular complexity index is 1590. The van der Waals surface area contributed by atoms with Gasteiger partial charge in [0.2, 0.25) is 0 Å². The molecule has 0 amide bonds. The lowest BCUT2D eigenvalue weighted by molar-refractivity contribution is -0.870. The number of rotatable bonds is 54. The van der Waals surface area contributed by atoms with Gasteiger partial charge in [-0.1, -0.05) is 245 Å². The highest BCUT2D eigenvalue weighted by atomic mass is 16.7. The maximum Gasteiger partial charge on any atom is 0.361 e. The highest BCUT2D eigenvalue weighted by molar-refractivity contribution is 5.71. The van der Waals surface area contributed by atoms with Crippen LogP contribution in [0.2, 0.25) is 0 Å². The highest BCUT2D eigenvalue weighted by Gasteiger charge is 2.25. The summed E-state index contributed by atoms with van der Waals surface area (Å²) in [7, 11) is 5.95. The normalized spacial score (nSPS) is 13.6. The van der Waals surface area contributed by atoms with Crippen molar-refractivity contribution >= 4 is 17.9 Å². The maximum absolute atomic E-state index is 12.9. The van der Waals surface area contributed by atoms with Crippen molar-refractivity contribution in [3.05, 3.63) is 109 Å². The number of likely N-dealkylation sites (N-methyl/N-ethyl adjacent to an activating group) is 1. The summed E-state index contributed by atoms with van der Waals surface area (Å²) in [4.78, 5) is 37.4. The van der Waals surface area contributed by atoms with Crippen molar-refractivity contribution in [3.63, 3.8) is 0 Å². The van der Waals surface area contributed by atoms with Crippen LogP contribution in [-0.4, -0.2) is 87.4 Å². The Balaban J connectivity index is 4.33. The monoisotopic (exact) mass is 1050 g/mol. The molecule has 0 saturated heterocycles. The topological polar surface area (TPSA) is 108 Å². The number of nitrogens with zero attached hydrogens (tertiary/aromatic N) is 1. The van der Waals surface area contributed by atoms with Gasteiger partial charge in [0.25, 0.3) is 6.29 Å². The molecule has 0 fully saturated rings. The molecule has 428 valence electrons. The number of carboxylic acid groups (broad SMARTS) is 1. The zero-order chi connectivity index (χ0) is 54.8. The minimum absolute atomic E-state index is 0.176. The Morgan fingerprint density at radius 1 is 0.413 bits per heavy atom. The number of unbranched alkanes of at least 4 members (excludes halogenated alkanes) is 21. The fourth-order valence-electron chi connectivity index (χ4n) is 7.95. The van der Waals surface area contributed by atoms with Crippen molar-refractivity contribution in [2.75, 3.05) is 47.5 Å². The summed E-state index contributed by atoms with van der Waals surface area (Å²) in [5.41, 5.74) is 0. The van der Waals surface area contributed by atoms with Crippen LogP contribution in [0.25, 0.3) is 0 Å². The van der Waals surface area contributed by atoms with Crippen LogP contribution in [0.3, 0.4) is 0 Å². The maximum atomic E-state index is 12.9. The summed E-state index contributed by atoms with van der Waals surface area (Å²) >= 11 is 0. The number of esters is 2. The average molecular weight is 1050 g/mol. The molecule has 0 bridgehead atoms. The molecule has 1 N–H and O–H groups in total. The molecule has 0 aromatic rings. The quantitative estimate of drug-likeness (QED) is 0.0211. The lowest BCUT2D eigenvalue weighted by Gasteiger charge is -2.25. The van der Waals surface area contributed by atoms with Crippen molar-refractivity contribution in [2.45, 2.75) is 245 Å². The minimum atomic E-state index is -1.53. The summed E-state index contributed by atoms with van der Waals surface area (Å²) < 4.78 is 22.8. The first-order chi connectivity index (χ1) is 36.6. The third-order valence-corrected chi connectivity index (χ3v) is 12.5. The van der Waals surface area contributed by atoms with E-state index in [9.17, 15) is 19.5 Å². The third-order valence-electron chi connectivity index (χ3n) is 12.5. The second-order valence-electron chi connectivity index (χ2n) is 20.9. The number of carbonyl (C=O) groups is 3. The first kappa shape index (κ1) is 71.0. The first-order valence-electron chi connectivity index (χ1n) is 30.1. The van der Waals surface area contributed by atoms with Crippen LogP contribution < -0.4 is 0 Å². The molecule has 9 nitrogen and oxygen atoms in total. The van der Waals surface area contributed by atoms with Crippen LogP contribution in [-0.2, 0) is 33.3 Å². The van der Waals surface area contributed by atoms with E-state index >= 15 is 0 Å². The number of quaternary nitrogens is 1. The molecule has 0 heterocycles. The van der Waals surface area contributed by atoms with Crippen molar-refractivity contribution in [2.24, 2.45) is 0 Å². The SMILES string of the molecule is CC/C=C\C/C=C\C/C=C\C/C=C\C/C=C\C/C=C\C/C=C\C/C=C\C/C=C\CCCCCC(=O)OC(COC(=O)CCCCCCCCCCCCCCCCCCCCC)COC(OCC[N+](C)(C)C)C(=O)O. The Morgan fingerprint density at radius 2 is 0.760 bits per heavy atom. The molecular weight excluding hydrogens is 935 g/mol. The summed E-state index contributed by atoms with van der Waals surface area (Å²) in [6, 6.07) is 0. The van der Waals surface area contributed by atoms with Crippen LogP contribution in [0.4, 0.5) is 0 Å². The zero-order valence-corrected chi connectivity index (χ0v) is 48.7. The Kier molecular flexibility index (Phi) is 53.1. The van der Waals surface area contributed by atoms with Gasteiger partial charge in [0.15, 0.2) is 6.10 Å². The van der Waals surface area contributed by atoms with Gasteiger partial charge in [-0.25, -0.2) is 4.79 Å². The van der Waals surface area contributed by atoms with Crippen molar-refractivity contribution in [1.29, 1.82) is 0 Å². The van der Waals surface area contributed by atoms with E-state index in [4.69, 9.17) is 18.9 Å². The fraction of sp³-hybridized carbons (Fsp3) is 0.682. The van der Waals surface area contributed by atoms with Gasteiger partial charge in [-0.15, -0.1) is 0 Å². The van der Waals surface area contributed by atoms with Gasteiger partial charge in [-0.3, -0.25) is 9.59 Å². The molecule has 0 aromatic carbocycles. The number of carbonyl (C=O) groups excluding carboxylic acids is 2. The van der Waals surface area contributed by atoms with Gasteiger partial charge in [-0.05, 0) is 83.5 Å². The summed E-state index contributed by atoms with van der Waals surface area (Å²) in [6.45, 7) is 4.73. The van der Waals surface area contributed by atoms with Crippen LogP contribution >= 0.6 is 0 Å². The van der Waals surface area contributed by atoms with Crippen molar-refractivity contribution < 1.29 is 42.9 Å². The molecular formula is C66H112NO8+. The lowest BCUT2D eigenvalue weighted by Crippen LogP contribution is -2.40. The Labute approximate surface area is 460 Å². The number of ether oxygens (including phenoxy) is 4. The van der Waals surface area contributed by atoms with E-state index in [0.717, 1.165) is 96.3 Å². The number of hydrogen-bond donors (Lipinski definition) is 1. The first-order valence-corrected chi connectivity index (χ1v) is 30.1. The molecule has 2 unspecified atom stereocenters. The van der Waals surface area contributed by atoms with E-state index < -0.39 is 24.3 Å². The summed E-state index contributed by atoms with van der Waals surface area (Å²) in [5.74, 6) is -2.05. The molecule has 0 radical (unpaired) electrons. The largest absolute Gasteiger partial charge is 0.477 e. The number of carboxylic acids is 1. The van der Waals surface area contributed by atoms with E-state index in [-0.39, 0.29) is 32.2 Å². The van der Waals surface area contributed by atoms with Gasteiger partial charge in [0.1, 0.15) is 13.2 Å². The number of hydrogen-bond acceptors (Lipinski definition) is 7. The molecule has 0 spiro atoms. The molecule has 0 rings (SSSR count). The Morgan fingerprint density at radius 3 is 1.13 bits per heavy atom. The number of aliphatic carboxylic acids is 1. The zero-order valence-electron chi connectivity index (χ0n) is 48.7. The predicted molar refractivity (Wildman–Crippen MR) is 318 cm³/mol. The molecule has 2 atom stereocenters. The van der Waals surface area contributed by atoms with Gasteiger partial charge < -0.3 is 28.5 Å². The summed E-state index contributed by atoms with van der Waals surface area (Å²) in [6.07, 6.45) is 74.5. The van der Waals surface area contributed by atoms with Gasteiger partial charge in [0.05, 0.1) is 34.4 Å². The van der Waals surface area contributed by atoms with E-state index in [2.05, 4.69) is 123 Å². The molecule has 0 aliphatic heterocycles. The van der Waals surface area contributed by atoms with Gasteiger partial charge >= 0.3 is 17.9 Å². The molecule has 9 heteroatoms. The molecule has 75 heavy (non-hydrogen) atoms. The van der Waals surface area contributed by atoms with Crippen LogP contribution in [0.15, 0.2) is 109 Å². The molecule has 0 aliphatic carbocycles. The molecule has 0 aliphatic rings. The van der Waals surface area contributed by atoms with Crippen molar-refractivity contribution in [3.8, 4) is 0 Å². The second-order valence-corrected chi connectivity index (χ2v) is 20.9. The second kappa shape index (κ2) is 56.2. The Hall–Kier alpha value is -4.05. The predicted octanol–water partition coefficient (Wildman–Crippen LogP) is 17.9. The standard InChI is InChI=1S/C66H111NO8/c1-6-8-10-12-14-16-18-20-22-24-26-27-28-29-30-31-32-33-34-35-36-37-39-41-43-45-47-49-51-53-55-57-64(69)75-62(61-74-66(65(70)71)72-59-58-67(3,4)5)60-73-63(68)56-54-52-50-48-46-44-42-40-38-25-23-21-19-17-15-13-11-9-7-2/h8,10,14,16,20,22,26-27,29-30,32-33,35-36,39,41,45,47,62,66H,6-7,9,11-13,15,17-19,21,23-25,28,31,34,37-38,40,42-44,46,48-61H2,1-5H3/p+1/b10-8-,16-14-,22-20-,27-26-,30-29-,33-32-,36-35-,41-39-,47-45-.